The van der Waals surface area contributed by atoms with Crippen molar-refractivity contribution in [2.75, 3.05) is 50.9 Å². The summed E-state index contributed by atoms with van der Waals surface area (Å²) in [5, 5.41) is 3.26. The largest absolute Gasteiger partial charge is 0.462 e. The van der Waals surface area contributed by atoms with Crippen molar-refractivity contribution in [3.8, 4) is 0 Å². The first-order valence-corrected chi connectivity index (χ1v) is 7.20. The minimum Gasteiger partial charge on any atom is -0.462 e. The van der Waals surface area contributed by atoms with Gasteiger partial charge in [-0.3, -0.25) is 0 Å². The number of rotatable bonds is 5. The molecule has 6 heteroatoms. The van der Waals surface area contributed by atoms with Crippen molar-refractivity contribution in [2.45, 2.75) is 13.0 Å². The highest BCUT2D eigenvalue weighted by molar-refractivity contribution is 5.92. The number of nitrogens with one attached hydrogen (secondary N) is 1. The number of benzene rings is 1. The number of esters is 1. The molecule has 116 valence electrons. The molecule has 0 amide bonds. The summed E-state index contributed by atoms with van der Waals surface area (Å²) in [6, 6.07) is 5.10. The standard InChI is InChI=1S/C15H23N3O3/c1-3-20-15(19)11-4-5-13(16)14(8-11)17-9-12-10-18(2)6-7-21-12/h4-5,8,12,17H,3,6-7,9-10,16H2,1-2H3. The van der Waals surface area contributed by atoms with Gasteiger partial charge in [0.1, 0.15) is 0 Å². The van der Waals surface area contributed by atoms with E-state index >= 15 is 0 Å². The quantitative estimate of drug-likeness (QED) is 0.627. The molecule has 1 saturated heterocycles. The van der Waals surface area contributed by atoms with Crippen LogP contribution in [0, 0.1) is 0 Å². The molecule has 1 aliphatic rings. The van der Waals surface area contributed by atoms with E-state index in [-0.39, 0.29) is 12.1 Å². The van der Waals surface area contributed by atoms with E-state index < -0.39 is 0 Å². The van der Waals surface area contributed by atoms with Gasteiger partial charge in [-0.15, -0.1) is 0 Å². The van der Waals surface area contributed by atoms with Gasteiger partial charge in [-0.25, -0.2) is 4.79 Å². The van der Waals surface area contributed by atoms with Crippen LogP contribution in [0.3, 0.4) is 0 Å². The van der Waals surface area contributed by atoms with Gasteiger partial charge >= 0.3 is 5.97 Å². The highest BCUT2D eigenvalue weighted by Crippen LogP contribution is 2.21. The minimum absolute atomic E-state index is 0.120. The predicted octanol–water partition coefficient (Wildman–Crippen LogP) is 1.19. The van der Waals surface area contributed by atoms with Crippen LogP contribution in [0.5, 0.6) is 0 Å². The molecule has 21 heavy (non-hydrogen) atoms. The summed E-state index contributed by atoms with van der Waals surface area (Å²) in [5.41, 5.74) is 7.77. The Kier molecular flexibility index (Phi) is 5.41. The number of morpholine rings is 1. The molecule has 1 aromatic rings. The molecule has 2 rings (SSSR count). The first-order chi connectivity index (χ1) is 10.1. The fraction of sp³-hybridized carbons (Fsp3) is 0.533. The van der Waals surface area contributed by atoms with E-state index in [1.54, 1.807) is 25.1 Å². The summed E-state index contributed by atoms with van der Waals surface area (Å²) in [6.07, 6.45) is 0.120. The lowest BCUT2D eigenvalue weighted by molar-refractivity contribution is -0.0117. The third-order valence-electron chi connectivity index (χ3n) is 3.43. The maximum Gasteiger partial charge on any atom is 0.338 e. The number of carbonyl (C=O) groups excluding carboxylic acids is 1. The van der Waals surface area contributed by atoms with E-state index in [9.17, 15) is 4.79 Å². The molecule has 1 heterocycles. The molecule has 1 atom stereocenters. The number of anilines is 2. The van der Waals surface area contributed by atoms with Gasteiger partial charge in [0.05, 0.1) is 36.3 Å². The first-order valence-electron chi connectivity index (χ1n) is 7.20. The van der Waals surface area contributed by atoms with E-state index in [4.69, 9.17) is 15.2 Å². The number of ether oxygens (including phenoxy) is 2. The van der Waals surface area contributed by atoms with Gasteiger partial charge in [0.15, 0.2) is 0 Å². The van der Waals surface area contributed by atoms with E-state index in [1.165, 1.54) is 0 Å². The Hall–Kier alpha value is -1.79. The normalized spacial score (nSPS) is 19.2. The maximum atomic E-state index is 11.7. The van der Waals surface area contributed by atoms with Gasteiger partial charge < -0.3 is 25.4 Å². The van der Waals surface area contributed by atoms with Gasteiger partial charge in [-0.2, -0.15) is 0 Å². The molecule has 0 saturated carbocycles. The fourth-order valence-electron chi connectivity index (χ4n) is 2.26. The third-order valence-corrected chi connectivity index (χ3v) is 3.43. The zero-order valence-electron chi connectivity index (χ0n) is 12.6. The first kappa shape index (κ1) is 15.6. The summed E-state index contributed by atoms with van der Waals surface area (Å²) in [5.74, 6) is -0.339. The summed E-state index contributed by atoms with van der Waals surface area (Å²) in [4.78, 5) is 14.0. The smallest absolute Gasteiger partial charge is 0.338 e. The fourth-order valence-corrected chi connectivity index (χ4v) is 2.26. The monoisotopic (exact) mass is 293 g/mol. The number of nitrogens with zero attached hydrogens (tertiary/aromatic N) is 1. The lowest BCUT2D eigenvalue weighted by atomic mass is 10.1. The molecule has 1 aliphatic heterocycles. The second kappa shape index (κ2) is 7.28. The Balaban J connectivity index is 1.98. The van der Waals surface area contributed by atoms with Crippen LogP contribution in [0.4, 0.5) is 11.4 Å². The Morgan fingerprint density at radius 2 is 2.38 bits per heavy atom. The Bertz CT molecular complexity index is 493. The highest BCUT2D eigenvalue weighted by Gasteiger charge is 2.18. The van der Waals surface area contributed by atoms with Crippen LogP contribution in [0.15, 0.2) is 18.2 Å². The van der Waals surface area contributed by atoms with Gasteiger partial charge in [-0.05, 0) is 32.2 Å². The number of nitrogens with two attached hydrogens (primary N) is 1. The zero-order valence-corrected chi connectivity index (χ0v) is 12.6. The lowest BCUT2D eigenvalue weighted by Gasteiger charge is -2.30. The molecule has 1 fully saturated rings. The number of nitrogen functional groups attached to an aromatic ring is 1. The second-order valence-electron chi connectivity index (χ2n) is 5.16. The molecule has 0 aliphatic carbocycles. The van der Waals surface area contributed by atoms with Crippen molar-refractivity contribution in [1.82, 2.24) is 4.90 Å². The predicted molar refractivity (Wildman–Crippen MR) is 82.5 cm³/mol. The molecule has 1 aromatic carbocycles. The SMILES string of the molecule is CCOC(=O)c1ccc(N)c(NCC2CN(C)CCO2)c1. The lowest BCUT2D eigenvalue weighted by Crippen LogP contribution is -2.43. The highest BCUT2D eigenvalue weighted by atomic mass is 16.5. The summed E-state index contributed by atoms with van der Waals surface area (Å²) in [6.45, 7) is 5.36. The topological polar surface area (TPSA) is 76.8 Å². The molecule has 6 nitrogen and oxygen atoms in total. The van der Waals surface area contributed by atoms with Crippen LogP contribution in [0.2, 0.25) is 0 Å². The maximum absolute atomic E-state index is 11.7. The van der Waals surface area contributed by atoms with Crippen molar-refractivity contribution in [1.29, 1.82) is 0 Å². The van der Waals surface area contributed by atoms with Crippen molar-refractivity contribution in [3.05, 3.63) is 23.8 Å². The van der Waals surface area contributed by atoms with Crippen LogP contribution in [0.25, 0.3) is 0 Å². The third kappa shape index (κ3) is 4.34. The molecular weight excluding hydrogens is 270 g/mol. The van der Waals surface area contributed by atoms with Crippen molar-refractivity contribution in [3.63, 3.8) is 0 Å². The Labute approximate surface area is 125 Å². The Morgan fingerprint density at radius 3 is 3.10 bits per heavy atom. The van der Waals surface area contributed by atoms with Gasteiger partial charge in [0, 0.05) is 19.6 Å². The summed E-state index contributed by atoms with van der Waals surface area (Å²) >= 11 is 0. The average molecular weight is 293 g/mol. The van der Waals surface area contributed by atoms with Crippen molar-refractivity contribution < 1.29 is 14.3 Å². The molecule has 0 aromatic heterocycles. The summed E-state index contributed by atoms with van der Waals surface area (Å²) in [7, 11) is 2.07. The number of hydrogen-bond donors (Lipinski definition) is 2. The van der Waals surface area contributed by atoms with E-state index in [0.717, 1.165) is 25.4 Å². The molecule has 0 radical (unpaired) electrons. The molecule has 0 bridgehead atoms. The van der Waals surface area contributed by atoms with Crippen LogP contribution >= 0.6 is 0 Å². The minimum atomic E-state index is -0.339. The van der Waals surface area contributed by atoms with Crippen LogP contribution in [0.1, 0.15) is 17.3 Å². The van der Waals surface area contributed by atoms with Crippen LogP contribution in [-0.2, 0) is 9.47 Å². The van der Waals surface area contributed by atoms with Gasteiger partial charge in [0.2, 0.25) is 0 Å². The van der Waals surface area contributed by atoms with Gasteiger partial charge in [0.25, 0.3) is 0 Å². The number of hydrogen-bond acceptors (Lipinski definition) is 6. The van der Waals surface area contributed by atoms with Crippen LogP contribution in [-0.4, -0.2) is 56.9 Å². The average Bonchev–Trinajstić information content (AvgIpc) is 2.46. The van der Waals surface area contributed by atoms with Gasteiger partial charge in [-0.1, -0.05) is 0 Å². The van der Waals surface area contributed by atoms with Crippen molar-refractivity contribution in [2.24, 2.45) is 0 Å². The molecule has 0 spiro atoms. The molecule has 3 N–H and O–H groups in total. The summed E-state index contributed by atoms with van der Waals surface area (Å²) < 4.78 is 10.7. The number of likely N-dealkylation sites (N-methyl/N-ethyl adjacent to an activating group) is 1. The van der Waals surface area contributed by atoms with E-state index in [0.29, 0.717) is 24.4 Å². The zero-order chi connectivity index (χ0) is 15.2. The van der Waals surface area contributed by atoms with E-state index in [1.807, 2.05) is 0 Å². The second-order valence-corrected chi connectivity index (χ2v) is 5.16. The van der Waals surface area contributed by atoms with Crippen molar-refractivity contribution >= 4 is 17.3 Å². The Morgan fingerprint density at radius 1 is 1.57 bits per heavy atom. The number of carbonyl (C=O) groups is 1. The molecular formula is C15H23N3O3. The van der Waals surface area contributed by atoms with E-state index in [2.05, 4.69) is 17.3 Å². The molecule has 1 unspecified atom stereocenters. The van der Waals surface area contributed by atoms with Crippen LogP contribution < -0.4 is 11.1 Å².